The zero-order chi connectivity index (χ0) is 20.6. The van der Waals surface area contributed by atoms with Crippen molar-refractivity contribution in [3.05, 3.63) is 58.2 Å². The number of hydrogen-bond acceptors (Lipinski definition) is 6. The molecular formula is C20H18BrN3O4. The van der Waals surface area contributed by atoms with Gasteiger partial charge in [0.25, 0.3) is 0 Å². The molecule has 2 heterocycles. The smallest absolute Gasteiger partial charge is 0.339 e. The SMILES string of the molecule is COC(=O)C1=CN2C(C=C1)[C@](C#N)(C(N)=O)[C@@H](c1ccc(Br)cc1)[C@@H]2C(C)=O. The van der Waals surface area contributed by atoms with Crippen LogP contribution in [0.25, 0.3) is 0 Å². The molecule has 4 atom stereocenters. The molecule has 0 bridgehead atoms. The summed E-state index contributed by atoms with van der Waals surface area (Å²) >= 11 is 3.36. The molecular weight excluding hydrogens is 426 g/mol. The molecule has 1 fully saturated rings. The maximum atomic E-state index is 12.6. The quantitative estimate of drug-likeness (QED) is 0.709. The molecule has 28 heavy (non-hydrogen) atoms. The molecule has 0 saturated carbocycles. The van der Waals surface area contributed by atoms with E-state index in [0.29, 0.717) is 5.56 Å². The van der Waals surface area contributed by atoms with Crippen molar-refractivity contribution in [3.63, 3.8) is 0 Å². The Balaban J connectivity index is 2.25. The Morgan fingerprint density at radius 2 is 1.93 bits per heavy atom. The summed E-state index contributed by atoms with van der Waals surface area (Å²) in [5.74, 6) is -2.44. The van der Waals surface area contributed by atoms with Gasteiger partial charge in [0.1, 0.15) is 0 Å². The Morgan fingerprint density at radius 3 is 2.43 bits per heavy atom. The lowest BCUT2D eigenvalue weighted by Gasteiger charge is -2.32. The third kappa shape index (κ3) is 2.83. The maximum Gasteiger partial charge on any atom is 0.339 e. The number of ketones is 1. The molecule has 1 amide bonds. The van der Waals surface area contributed by atoms with Crippen LogP contribution in [0.5, 0.6) is 0 Å². The molecule has 2 N–H and O–H groups in total. The standard InChI is InChI=1S/C20H18BrN3O4/c1-11(25)17-16(12-3-6-14(21)7-4-12)20(10-22,19(23)27)15-8-5-13(9-24(15)17)18(26)28-2/h3-9,15-17H,1-2H3,(H2,23,27)/t15?,16-,17-,20-/m0/s1. The first-order valence-corrected chi connectivity index (χ1v) is 9.30. The van der Waals surface area contributed by atoms with Crippen molar-refractivity contribution in [2.24, 2.45) is 11.1 Å². The van der Waals surface area contributed by atoms with Crippen molar-refractivity contribution < 1.29 is 19.1 Å². The molecule has 2 aliphatic rings. The van der Waals surface area contributed by atoms with Crippen molar-refractivity contribution in [3.8, 4) is 6.07 Å². The van der Waals surface area contributed by atoms with Gasteiger partial charge in [-0.05, 0) is 30.7 Å². The largest absolute Gasteiger partial charge is 0.465 e. The molecule has 0 radical (unpaired) electrons. The van der Waals surface area contributed by atoms with E-state index in [4.69, 9.17) is 10.5 Å². The van der Waals surface area contributed by atoms with Crippen LogP contribution in [-0.2, 0) is 19.1 Å². The summed E-state index contributed by atoms with van der Waals surface area (Å²) in [5.41, 5.74) is 4.91. The van der Waals surface area contributed by atoms with E-state index >= 15 is 0 Å². The van der Waals surface area contributed by atoms with Crippen LogP contribution in [0.2, 0.25) is 0 Å². The highest BCUT2D eigenvalue weighted by Crippen LogP contribution is 2.53. The van der Waals surface area contributed by atoms with E-state index in [0.717, 1.165) is 4.47 Å². The highest BCUT2D eigenvalue weighted by Gasteiger charge is 2.64. The molecule has 0 spiro atoms. The predicted molar refractivity (Wildman–Crippen MR) is 103 cm³/mol. The number of nitrogens with two attached hydrogens (primary N) is 1. The maximum absolute atomic E-state index is 12.6. The lowest BCUT2D eigenvalue weighted by atomic mass is 9.68. The second kappa shape index (κ2) is 7.24. The van der Waals surface area contributed by atoms with E-state index in [2.05, 4.69) is 22.0 Å². The average molecular weight is 444 g/mol. The molecule has 1 saturated heterocycles. The lowest BCUT2D eigenvalue weighted by Crippen LogP contribution is -2.47. The second-order valence-corrected chi connectivity index (χ2v) is 7.67. The van der Waals surface area contributed by atoms with Crippen LogP contribution >= 0.6 is 15.9 Å². The van der Waals surface area contributed by atoms with Crippen LogP contribution in [0.4, 0.5) is 0 Å². The van der Waals surface area contributed by atoms with E-state index in [-0.39, 0.29) is 11.4 Å². The van der Waals surface area contributed by atoms with Gasteiger partial charge in [-0.15, -0.1) is 0 Å². The number of Topliss-reactive ketones (excluding diaryl/α,β-unsaturated/α-hetero) is 1. The Labute approximate surface area is 170 Å². The summed E-state index contributed by atoms with van der Waals surface area (Å²) in [6.07, 6.45) is 4.52. The van der Waals surface area contributed by atoms with Crippen LogP contribution < -0.4 is 5.73 Å². The monoisotopic (exact) mass is 443 g/mol. The highest BCUT2D eigenvalue weighted by atomic mass is 79.9. The third-order valence-electron chi connectivity index (χ3n) is 5.32. The number of benzene rings is 1. The van der Waals surface area contributed by atoms with E-state index in [1.165, 1.54) is 26.3 Å². The van der Waals surface area contributed by atoms with E-state index < -0.39 is 35.3 Å². The number of halogens is 1. The number of carbonyl (C=O) groups excluding carboxylic acids is 3. The summed E-state index contributed by atoms with van der Waals surface area (Å²) in [6, 6.07) is 7.54. The summed E-state index contributed by atoms with van der Waals surface area (Å²) in [7, 11) is 1.25. The molecule has 8 heteroatoms. The van der Waals surface area contributed by atoms with Crippen molar-refractivity contribution in [1.82, 2.24) is 4.90 Å². The minimum atomic E-state index is -1.68. The molecule has 1 aromatic carbocycles. The van der Waals surface area contributed by atoms with Gasteiger partial charge in [0, 0.05) is 16.6 Å². The van der Waals surface area contributed by atoms with Crippen LogP contribution in [0.1, 0.15) is 18.4 Å². The molecule has 1 unspecified atom stereocenters. The molecule has 0 aliphatic carbocycles. The first-order valence-electron chi connectivity index (χ1n) is 8.50. The number of ether oxygens (including phenoxy) is 1. The normalized spacial score (nSPS) is 28.1. The van der Waals surface area contributed by atoms with Crippen LogP contribution in [0.3, 0.4) is 0 Å². The average Bonchev–Trinajstić information content (AvgIpc) is 2.98. The Morgan fingerprint density at radius 1 is 1.29 bits per heavy atom. The van der Waals surface area contributed by atoms with E-state index in [1.807, 2.05) is 0 Å². The number of nitrogens with zero attached hydrogens (tertiary/aromatic N) is 2. The number of hydrogen-bond donors (Lipinski definition) is 1. The van der Waals surface area contributed by atoms with Crippen molar-refractivity contribution in [2.75, 3.05) is 7.11 Å². The fraction of sp³-hybridized carbons (Fsp3) is 0.300. The van der Waals surface area contributed by atoms with Crippen molar-refractivity contribution >= 4 is 33.6 Å². The Bertz CT molecular complexity index is 947. The number of esters is 1. The van der Waals surface area contributed by atoms with Gasteiger partial charge in [-0.25, -0.2) is 4.79 Å². The minimum absolute atomic E-state index is 0.220. The Hall–Kier alpha value is -2.92. The fourth-order valence-corrected chi connectivity index (χ4v) is 4.38. The van der Waals surface area contributed by atoms with Gasteiger partial charge in [-0.1, -0.05) is 34.1 Å². The number of nitriles is 1. The molecule has 1 aromatic rings. The Kier molecular flexibility index (Phi) is 5.13. The minimum Gasteiger partial charge on any atom is -0.465 e. The van der Waals surface area contributed by atoms with Crippen molar-refractivity contribution in [2.45, 2.75) is 24.9 Å². The first-order chi connectivity index (χ1) is 13.3. The molecule has 3 rings (SSSR count). The number of carbonyl (C=O) groups is 3. The third-order valence-corrected chi connectivity index (χ3v) is 5.85. The van der Waals surface area contributed by atoms with Crippen LogP contribution in [0.15, 0.2) is 52.7 Å². The van der Waals surface area contributed by atoms with Gasteiger partial charge in [0.15, 0.2) is 11.2 Å². The van der Waals surface area contributed by atoms with Gasteiger partial charge in [0.2, 0.25) is 5.91 Å². The number of primary amides is 1. The van der Waals surface area contributed by atoms with E-state index in [9.17, 15) is 19.6 Å². The van der Waals surface area contributed by atoms with Crippen LogP contribution in [-0.4, -0.2) is 41.8 Å². The van der Waals surface area contributed by atoms with Gasteiger partial charge in [-0.3, -0.25) is 9.59 Å². The number of methoxy groups -OCH3 is 1. The first kappa shape index (κ1) is 19.8. The summed E-state index contributed by atoms with van der Waals surface area (Å²) in [6.45, 7) is 1.39. The zero-order valence-electron chi connectivity index (χ0n) is 15.3. The van der Waals surface area contributed by atoms with Gasteiger partial charge < -0.3 is 15.4 Å². The summed E-state index contributed by atoms with van der Waals surface area (Å²) in [5, 5.41) is 10.1. The van der Waals surface area contributed by atoms with Crippen LogP contribution in [0, 0.1) is 16.7 Å². The molecule has 0 aromatic heterocycles. The number of amides is 1. The topological polar surface area (TPSA) is 113 Å². The summed E-state index contributed by atoms with van der Waals surface area (Å²) in [4.78, 5) is 38.8. The highest BCUT2D eigenvalue weighted by molar-refractivity contribution is 9.10. The number of fused-ring (bicyclic) bond motifs is 1. The molecule has 144 valence electrons. The number of rotatable bonds is 4. The predicted octanol–water partition coefficient (Wildman–Crippen LogP) is 1.80. The fourth-order valence-electron chi connectivity index (χ4n) is 4.11. The lowest BCUT2D eigenvalue weighted by molar-refractivity contribution is -0.136. The summed E-state index contributed by atoms with van der Waals surface area (Å²) < 4.78 is 5.57. The van der Waals surface area contributed by atoms with E-state index in [1.54, 1.807) is 35.2 Å². The second-order valence-electron chi connectivity index (χ2n) is 6.76. The van der Waals surface area contributed by atoms with Gasteiger partial charge >= 0.3 is 5.97 Å². The van der Waals surface area contributed by atoms with Crippen molar-refractivity contribution in [1.29, 1.82) is 5.26 Å². The molecule has 7 nitrogen and oxygen atoms in total. The molecule has 2 aliphatic heterocycles. The zero-order valence-corrected chi connectivity index (χ0v) is 16.8. The van der Waals surface area contributed by atoms with Gasteiger partial charge in [-0.2, -0.15) is 5.26 Å². The van der Waals surface area contributed by atoms with Gasteiger partial charge in [0.05, 0.1) is 30.8 Å².